The molecule has 1 aromatic heterocycles. The summed E-state index contributed by atoms with van der Waals surface area (Å²) in [7, 11) is 1.68. The lowest BCUT2D eigenvalue weighted by Gasteiger charge is -2.04. The van der Waals surface area contributed by atoms with E-state index in [1.165, 1.54) is 0 Å². The van der Waals surface area contributed by atoms with E-state index in [9.17, 15) is 0 Å². The molecule has 0 amide bonds. The van der Waals surface area contributed by atoms with Crippen LogP contribution in [0.1, 0.15) is 0 Å². The summed E-state index contributed by atoms with van der Waals surface area (Å²) in [6.45, 7) is 0. The normalized spacial score (nSPS) is 10.6. The standard InChI is InChI=1S/C23H18O2/c1-24-20-14-12-17(13-15-20)21-16-22(18-8-4-2-5-9-18)25-23(21)19-10-6-3-7-11-19/h2-16H,1H3. The molecule has 0 radical (unpaired) electrons. The lowest BCUT2D eigenvalue weighted by molar-refractivity contribution is 0.415. The fourth-order valence-electron chi connectivity index (χ4n) is 2.92. The van der Waals surface area contributed by atoms with Crippen LogP contribution in [0, 0.1) is 0 Å². The summed E-state index contributed by atoms with van der Waals surface area (Å²) in [5.74, 6) is 2.59. The molecular weight excluding hydrogens is 308 g/mol. The first kappa shape index (κ1) is 15.3. The third kappa shape index (κ3) is 3.07. The largest absolute Gasteiger partial charge is 0.497 e. The molecule has 3 aromatic carbocycles. The van der Waals surface area contributed by atoms with Gasteiger partial charge in [0.25, 0.3) is 0 Å². The van der Waals surface area contributed by atoms with Gasteiger partial charge in [-0.2, -0.15) is 0 Å². The van der Waals surface area contributed by atoms with Crippen LogP contribution in [-0.2, 0) is 0 Å². The molecule has 2 nitrogen and oxygen atoms in total. The van der Waals surface area contributed by atoms with Crippen LogP contribution < -0.4 is 4.74 Å². The van der Waals surface area contributed by atoms with E-state index in [1.807, 2.05) is 48.5 Å². The lowest BCUT2D eigenvalue weighted by Crippen LogP contribution is -1.83. The van der Waals surface area contributed by atoms with E-state index in [1.54, 1.807) is 7.11 Å². The van der Waals surface area contributed by atoms with Crippen LogP contribution in [0.3, 0.4) is 0 Å². The van der Waals surface area contributed by atoms with Gasteiger partial charge in [0.1, 0.15) is 17.3 Å². The Bertz CT molecular complexity index is 952. The highest BCUT2D eigenvalue weighted by Gasteiger charge is 2.15. The Labute approximate surface area is 147 Å². The molecular formula is C23H18O2. The predicted octanol–water partition coefficient (Wildman–Crippen LogP) is 6.29. The van der Waals surface area contributed by atoms with Gasteiger partial charge in [0.05, 0.1) is 7.11 Å². The molecule has 4 aromatic rings. The van der Waals surface area contributed by atoms with Crippen molar-refractivity contribution in [1.29, 1.82) is 0 Å². The van der Waals surface area contributed by atoms with E-state index in [4.69, 9.17) is 9.15 Å². The number of hydrogen-bond acceptors (Lipinski definition) is 2. The fraction of sp³-hybridized carbons (Fsp3) is 0.0435. The van der Waals surface area contributed by atoms with E-state index in [-0.39, 0.29) is 0 Å². The van der Waals surface area contributed by atoms with Gasteiger partial charge in [-0.25, -0.2) is 0 Å². The lowest BCUT2D eigenvalue weighted by atomic mass is 10.0. The van der Waals surface area contributed by atoms with E-state index in [0.29, 0.717) is 0 Å². The molecule has 0 spiro atoms. The summed E-state index contributed by atoms with van der Waals surface area (Å²) in [4.78, 5) is 0. The summed E-state index contributed by atoms with van der Waals surface area (Å²) in [5, 5.41) is 0. The van der Waals surface area contributed by atoms with Crippen molar-refractivity contribution in [3.8, 4) is 39.5 Å². The maximum absolute atomic E-state index is 6.27. The van der Waals surface area contributed by atoms with Gasteiger partial charge in [-0.1, -0.05) is 72.8 Å². The van der Waals surface area contributed by atoms with Crippen molar-refractivity contribution >= 4 is 0 Å². The summed E-state index contributed by atoms with van der Waals surface area (Å²) in [6, 6.07) is 30.5. The molecule has 4 rings (SSSR count). The third-order valence-electron chi connectivity index (χ3n) is 4.23. The number of methoxy groups -OCH3 is 1. The Kier molecular flexibility index (Phi) is 4.09. The molecule has 0 saturated heterocycles. The maximum Gasteiger partial charge on any atom is 0.142 e. The first-order valence-electron chi connectivity index (χ1n) is 8.24. The molecule has 2 heteroatoms. The molecule has 0 aliphatic rings. The topological polar surface area (TPSA) is 22.4 Å². The van der Waals surface area contributed by atoms with Gasteiger partial charge in [-0.3, -0.25) is 0 Å². The number of benzene rings is 3. The van der Waals surface area contributed by atoms with Crippen LogP contribution in [0.15, 0.2) is 95.4 Å². The second-order valence-electron chi connectivity index (χ2n) is 5.81. The average molecular weight is 326 g/mol. The number of furan rings is 1. The molecule has 0 unspecified atom stereocenters. The van der Waals surface area contributed by atoms with Crippen molar-refractivity contribution in [3.63, 3.8) is 0 Å². The Morgan fingerprint density at radius 3 is 1.84 bits per heavy atom. The number of hydrogen-bond donors (Lipinski definition) is 0. The summed E-state index contributed by atoms with van der Waals surface area (Å²) >= 11 is 0. The average Bonchev–Trinajstić information content (AvgIpc) is 3.15. The van der Waals surface area contributed by atoms with Gasteiger partial charge in [0.15, 0.2) is 0 Å². The van der Waals surface area contributed by atoms with Crippen molar-refractivity contribution in [2.75, 3.05) is 7.11 Å². The zero-order chi connectivity index (χ0) is 17.1. The molecule has 0 saturated carbocycles. The van der Waals surface area contributed by atoms with Gasteiger partial charge >= 0.3 is 0 Å². The summed E-state index contributed by atoms with van der Waals surface area (Å²) < 4.78 is 11.5. The van der Waals surface area contributed by atoms with Crippen molar-refractivity contribution < 1.29 is 9.15 Å². The molecule has 0 atom stereocenters. The van der Waals surface area contributed by atoms with Crippen molar-refractivity contribution in [2.45, 2.75) is 0 Å². The van der Waals surface area contributed by atoms with E-state index in [0.717, 1.165) is 39.5 Å². The molecule has 0 fully saturated rings. The minimum Gasteiger partial charge on any atom is -0.497 e. The fourth-order valence-corrected chi connectivity index (χ4v) is 2.92. The van der Waals surface area contributed by atoms with Crippen LogP contribution in [0.4, 0.5) is 0 Å². The van der Waals surface area contributed by atoms with Gasteiger partial charge < -0.3 is 9.15 Å². The van der Waals surface area contributed by atoms with E-state index in [2.05, 4.69) is 42.5 Å². The van der Waals surface area contributed by atoms with Crippen LogP contribution in [0.5, 0.6) is 5.75 Å². The van der Waals surface area contributed by atoms with Crippen LogP contribution in [0.25, 0.3) is 33.8 Å². The Morgan fingerprint density at radius 2 is 1.24 bits per heavy atom. The van der Waals surface area contributed by atoms with Crippen LogP contribution in [0.2, 0.25) is 0 Å². The van der Waals surface area contributed by atoms with Crippen LogP contribution >= 0.6 is 0 Å². The Hall–Kier alpha value is -3.26. The summed E-state index contributed by atoms with van der Waals surface area (Å²) in [6.07, 6.45) is 0. The highest BCUT2D eigenvalue weighted by atomic mass is 16.5. The SMILES string of the molecule is COc1ccc(-c2cc(-c3ccccc3)oc2-c2ccccc2)cc1. The highest BCUT2D eigenvalue weighted by molar-refractivity contribution is 5.83. The zero-order valence-electron chi connectivity index (χ0n) is 14.0. The van der Waals surface area contributed by atoms with E-state index < -0.39 is 0 Å². The molecule has 0 aliphatic heterocycles. The predicted molar refractivity (Wildman–Crippen MR) is 102 cm³/mol. The Balaban J connectivity index is 1.87. The molecule has 0 aliphatic carbocycles. The maximum atomic E-state index is 6.27. The number of ether oxygens (including phenoxy) is 1. The Morgan fingerprint density at radius 1 is 0.640 bits per heavy atom. The minimum absolute atomic E-state index is 0.844. The molecule has 1 heterocycles. The molecule has 0 N–H and O–H groups in total. The molecule has 0 bridgehead atoms. The first-order chi connectivity index (χ1) is 12.3. The van der Waals surface area contributed by atoms with Gasteiger partial charge in [-0.05, 0) is 23.8 Å². The second-order valence-corrected chi connectivity index (χ2v) is 5.81. The zero-order valence-corrected chi connectivity index (χ0v) is 14.0. The molecule has 122 valence electrons. The molecule has 25 heavy (non-hydrogen) atoms. The van der Waals surface area contributed by atoms with Gasteiger partial charge in [0.2, 0.25) is 0 Å². The third-order valence-corrected chi connectivity index (χ3v) is 4.23. The van der Waals surface area contributed by atoms with Crippen LogP contribution in [-0.4, -0.2) is 7.11 Å². The minimum atomic E-state index is 0.844. The number of rotatable bonds is 4. The second kappa shape index (κ2) is 6.70. The monoisotopic (exact) mass is 326 g/mol. The van der Waals surface area contributed by atoms with Crippen molar-refractivity contribution in [1.82, 2.24) is 0 Å². The van der Waals surface area contributed by atoms with Crippen molar-refractivity contribution in [2.24, 2.45) is 0 Å². The van der Waals surface area contributed by atoms with E-state index >= 15 is 0 Å². The van der Waals surface area contributed by atoms with Crippen molar-refractivity contribution in [3.05, 3.63) is 91.0 Å². The highest BCUT2D eigenvalue weighted by Crippen LogP contribution is 2.39. The first-order valence-corrected chi connectivity index (χ1v) is 8.24. The quantitative estimate of drug-likeness (QED) is 0.440. The smallest absolute Gasteiger partial charge is 0.142 e. The summed E-state index contributed by atoms with van der Waals surface area (Å²) in [5.41, 5.74) is 4.31. The van der Waals surface area contributed by atoms with Gasteiger partial charge in [0, 0.05) is 16.7 Å². The van der Waals surface area contributed by atoms with Gasteiger partial charge in [-0.15, -0.1) is 0 Å².